The highest BCUT2D eigenvalue weighted by atomic mass is 32.2. The molecule has 2 rings (SSSR count). The van der Waals surface area contributed by atoms with Gasteiger partial charge in [0.2, 0.25) is 10.3 Å². The minimum absolute atomic E-state index is 0.178. The molecule has 0 spiro atoms. The maximum atomic E-state index is 12.8. The first-order chi connectivity index (χ1) is 13.4. The van der Waals surface area contributed by atoms with Gasteiger partial charge in [0.1, 0.15) is 5.82 Å². The SMILES string of the molecule is CC(O)(C=S(=O)=O)C(=O)Nc1ccc(C#N)c(C(F)(F)F)c1.Fc1ccccc1. The Kier molecular flexibility index (Phi) is 8.05. The van der Waals surface area contributed by atoms with Crippen LogP contribution in [0.5, 0.6) is 0 Å². The lowest BCUT2D eigenvalue weighted by Gasteiger charge is -2.17. The summed E-state index contributed by atoms with van der Waals surface area (Å²) in [7, 11) is -2.85. The number of amides is 1. The normalized spacial score (nSPS) is 12.4. The third-order valence-corrected chi connectivity index (χ3v) is 3.87. The van der Waals surface area contributed by atoms with Crippen molar-refractivity contribution in [2.75, 3.05) is 5.32 Å². The molecule has 6 nitrogen and oxygen atoms in total. The van der Waals surface area contributed by atoms with Gasteiger partial charge in [0.25, 0.3) is 5.91 Å². The minimum Gasteiger partial charge on any atom is -0.375 e. The number of carbonyl (C=O) groups excluding carboxylic acids is 1. The average Bonchev–Trinajstić information content (AvgIpc) is 2.61. The number of nitriles is 1. The first-order valence-electron chi connectivity index (χ1n) is 7.66. The molecule has 0 aromatic heterocycles. The fourth-order valence-electron chi connectivity index (χ4n) is 1.87. The van der Waals surface area contributed by atoms with Gasteiger partial charge in [-0.3, -0.25) is 4.79 Å². The molecule has 0 saturated carbocycles. The summed E-state index contributed by atoms with van der Waals surface area (Å²) in [6, 6.07) is 11.7. The number of alkyl halides is 3. The van der Waals surface area contributed by atoms with Crippen LogP contribution in [0.1, 0.15) is 18.1 Å². The highest BCUT2D eigenvalue weighted by molar-refractivity contribution is 7.71. The van der Waals surface area contributed by atoms with Crippen LogP contribution in [0.2, 0.25) is 0 Å². The van der Waals surface area contributed by atoms with E-state index in [1.807, 2.05) is 5.32 Å². The number of nitrogens with one attached hydrogen (secondary N) is 1. The van der Waals surface area contributed by atoms with Crippen molar-refractivity contribution in [2.45, 2.75) is 18.7 Å². The van der Waals surface area contributed by atoms with E-state index in [0.29, 0.717) is 6.07 Å². The van der Waals surface area contributed by atoms with Gasteiger partial charge in [-0.2, -0.15) is 26.9 Å². The molecule has 29 heavy (non-hydrogen) atoms. The lowest BCUT2D eigenvalue weighted by atomic mass is 10.1. The minimum atomic E-state index is -4.81. The molecule has 1 atom stereocenters. The average molecular weight is 430 g/mol. The van der Waals surface area contributed by atoms with Gasteiger partial charge in [0.15, 0.2) is 5.60 Å². The predicted molar refractivity (Wildman–Crippen MR) is 96.8 cm³/mol. The molecule has 0 radical (unpaired) electrons. The topological polar surface area (TPSA) is 107 Å². The van der Waals surface area contributed by atoms with Gasteiger partial charge in [-0.1, -0.05) is 18.2 Å². The van der Waals surface area contributed by atoms with Gasteiger partial charge >= 0.3 is 6.18 Å². The molecule has 154 valence electrons. The molecule has 1 unspecified atom stereocenters. The number of rotatable bonds is 3. The molecule has 11 heteroatoms. The first kappa shape index (κ1) is 23.8. The molecule has 0 aliphatic carbocycles. The Morgan fingerprint density at radius 2 is 1.76 bits per heavy atom. The summed E-state index contributed by atoms with van der Waals surface area (Å²) < 4.78 is 71.1. The molecule has 2 aromatic carbocycles. The highest BCUT2D eigenvalue weighted by Gasteiger charge is 2.34. The van der Waals surface area contributed by atoms with E-state index >= 15 is 0 Å². The smallest absolute Gasteiger partial charge is 0.375 e. The van der Waals surface area contributed by atoms with Crippen LogP contribution in [0.3, 0.4) is 0 Å². The number of carbonyl (C=O) groups is 1. The summed E-state index contributed by atoms with van der Waals surface area (Å²) in [5.41, 5.74) is -4.67. The van der Waals surface area contributed by atoms with Crippen molar-refractivity contribution < 1.29 is 35.9 Å². The van der Waals surface area contributed by atoms with Crippen LogP contribution in [-0.4, -0.2) is 30.4 Å². The van der Waals surface area contributed by atoms with E-state index in [2.05, 4.69) is 0 Å². The quantitative estimate of drug-likeness (QED) is 0.575. The molecule has 0 aliphatic heterocycles. The third-order valence-electron chi connectivity index (χ3n) is 3.22. The summed E-state index contributed by atoms with van der Waals surface area (Å²) in [5, 5.41) is 20.5. The van der Waals surface area contributed by atoms with Gasteiger partial charge in [0, 0.05) is 5.69 Å². The Morgan fingerprint density at radius 1 is 1.17 bits per heavy atom. The van der Waals surface area contributed by atoms with Crippen molar-refractivity contribution in [1.29, 1.82) is 5.26 Å². The van der Waals surface area contributed by atoms with E-state index < -0.39 is 39.1 Å². The zero-order valence-electron chi connectivity index (χ0n) is 14.7. The summed E-state index contributed by atoms with van der Waals surface area (Å²) in [5.74, 6) is -1.42. The second-order valence-electron chi connectivity index (χ2n) is 5.65. The van der Waals surface area contributed by atoms with Crippen LogP contribution in [-0.2, 0) is 21.3 Å². The van der Waals surface area contributed by atoms with E-state index in [9.17, 15) is 35.9 Å². The Balaban J connectivity index is 0.000000502. The third kappa shape index (κ3) is 7.73. The molecule has 2 N–H and O–H groups in total. The molecule has 0 bridgehead atoms. The zero-order chi connectivity index (χ0) is 22.2. The Morgan fingerprint density at radius 3 is 2.17 bits per heavy atom. The van der Waals surface area contributed by atoms with Crippen molar-refractivity contribution >= 4 is 27.3 Å². The predicted octanol–water partition coefficient (Wildman–Crippen LogP) is 2.77. The number of nitrogens with zero attached hydrogens (tertiary/aromatic N) is 1. The second-order valence-corrected chi connectivity index (χ2v) is 6.40. The van der Waals surface area contributed by atoms with Crippen LogP contribution in [0, 0.1) is 17.1 Å². The Hall–Kier alpha value is -3.23. The number of benzene rings is 2. The molecule has 0 fully saturated rings. The Labute approximate surface area is 164 Å². The molecule has 0 saturated heterocycles. The molecule has 0 heterocycles. The lowest BCUT2D eigenvalue weighted by molar-refractivity contribution is -0.137. The fourth-order valence-corrected chi connectivity index (χ4v) is 2.35. The summed E-state index contributed by atoms with van der Waals surface area (Å²) in [4.78, 5) is 11.7. The standard InChI is InChI=1S/C12H9F3N2O4S.C6H5F/c1-11(19,6-22(20)21)10(18)17-8-3-2-7(5-16)9(4-8)12(13,14)15;7-6-4-2-1-3-5-6/h2-4,6,19H,1H3,(H,17,18);1-5H. The van der Waals surface area contributed by atoms with Crippen LogP contribution < -0.4 is 5.32 Å². The zero-order valence-corrected chi connectivity index (χ0v) is 15.6. The van der Waals surface area contributed by atoms with E-state index in [-0.39, 0.29) is 16.9 Å². The maximum Gasteiger partial charge on any atom is 0.417 e. The fraction of sp³-hybridized carbons (Fsp3) is 0.167. The summed E-state index contributed by atoms with van der Waals surface area (Å²) >= 11 is 0. The van der Waals surface area contributed by atoms with Crippen molar-refractivity contribution in [1.82, 2.24) is 0 Å². The van der Waals surface area contributed by atoms with E-state index in [1.165, 1.54) is 18.2 Å². The van der Waals surface area contributed by atoms with Crippen LogP contribution in [0.15, 0.2) is 48.5 Å². The first-order valence-corrected chi connectivity index (χ1v) is 8.80. The summed E-state index contributed by atoms with van der Waals surface area (Å²) in [6.07, 6.45) is -4.81. The van der Waals surface area contributed by atoms with Gasteiger partial charge in [-0.05, 0) is 37.3 Å². The number of anilines is 1. The van der Waals surface area contributed by atoms with Gasteiger partial charge in [-0.25, -0.2) is 4.39 Å². The highest BCUT2D eigenvalue weighted by Crippen LogP contribution is 2.33. The second kappa shape index (κ2) is 9.81. The maximum absolute atomic E-state index is 12.8. The van der Waals surface area contributed by atoms with E-state index in [0.717, 1.165) is 19.1 Å². The lowest BCUT2D eigenvalue weighted by Crippen LogP contribution is -2.41. The monoisotopic (exact) mass is 430 g/mol. The number of hydrogen-bond acceptors (Lipinski definition) is 5. The number of aliphatic hydroxyl groups is 1. The number of hydrogen-bond donors (Lipinski definition) is 2. The molecule has 2 aromatic rings. The van der Waals surface area contributed by atoms with Crippen LogP contribution in [0.4, 0.5) is 23.2 Å². The van der Waals surface area contributed by atoms with E-state index in [4.69, 9.17) is 5.26 Å². The van der Waals surface area contributed by atoms with Crippen molar-refractivity contribution in [3.63, 3.8) is 0 Å². The molecular formula is C18H14F4N2O4S. The largest absolute Gasteiger partial charge is 0.417 e. The van der Waals surface area contributed by atoms with Gasteiger partial charge < -0.3 is 10.4 Å². The van der Waals surface area contributed by atoms with E-state index in [1.54, 1.807) is 18.2 Å². The Bertz CT molecular complexity index is 1040. The van der Waals surface area contributed by atoms with Crippen molar-refractivity contribution in [3.05, 3.63) is 65.5 Å². The van der Waals surface area contributed by atoms with Crippen LogP contribution in [0.25, 0.3) is 0 Å². The van der Waals surface area contributed by atoms with Crippen LogP contribution >= 0.6 is 0 Å². The van der Waals surface area contributed by atoms with Gasteiger partial charge in [-0.15, -0.1) is 0 Å². The summed E-state index contributed by atoms with van der Waals surface area (Å²) in [6.45, 7) is 0.854. The number of halogens is 4. The molecule has 1 amide bonds. The van der Waals surface area contributed by atoms with Gasteiger partial charge in [0.05, 0.1) is 22.6 Å². The van der Waals surface area contributed by atoms with Crippen molar-refractivity contribution in [3.8, 4) is 6.07 Å². The van der Waals surface area contributed by atoms with Crippen molar-refractivity contribution in [2.24, 2.45) is 0 Å². The molecular weight excluding hydrogens is 416 g/mol. The molecule has 0 aliphatic rings.